The molecule has 1 heterocycles. The van der Waals surface area contributed by atoms with Crippen molar-refractivity contribution >= 4 is 5.69 Å². The van der Waals surface area contributed by atoms with Crippen LogP contribution in [0.15, 0.2) is 30.5 Å². The Morgan fingerprint density at radius 1 is 1.32 bits per heavy atom. The average molecular weight is 262 g/mol. The summed E-state index contributed by atoms with van der Waals surface area (Å²) in [5.74, 6) is 0.863. The Morgan fingerprint density at radius 2 is 2.11 bits per heavy atom. The third-order valence-corrected chi connectivity index (χ3v) is 2.55. The van der Waals surface area contributed by atoms with Crippen LogP contribution in [0.25, 0.3) is 0 Å². The first-order valence-electron chi connectivity index (χ1n) is 6.28. The molecule has 0 bridgehead atoms. The van der Waals surface area contributed by atoms with Gasteiger partial charge in [-0.25, -0.2) is 4.68 Å². The maximum atomic E-state index is 8.79. The highest BCUT2D eigenvalue weighted by Crippen LogP contribution is 2.15. The summed E-state index contributed by atoms with van der Waals surface area (Å²) in [4.78, 5) is 0. The lowest BCUT2D eigenvalue weighted by Gasteiger charge is -2.06. The van der Waals surface area contributed by atoms with Crippen LogP contribution in [-0.2, 0) is 13.1 Å². The van der Waals surface area contributed by atoms with Crippen LogP contribution in [0.5, 0.6) is 5.75 Å². The van der Waals surface area contributed by atoms with Gasteiger partial charge in [0.2, 0.25) is 0 Å². The quantitative estimate of drug-likeness (QED) is 0.786. The van der Waals surface area contributed by atoms with Crippen LogP contribution in [0, 0.1) is 0 Å². The highest BCUT2D eigenvalue weighted by Gasteiger charge is 2.00. The lowest BCUT2D eigenvalue weighted by molar-refractivity contribution is 0.268. The molecule has 2 N–H and O–H groups in total. The van der Waals surface area contributed by atoms with Crippen LogP contribution in [0.1, 0.15) is 12.6 Å². The summed E-state index contributed by atoms with van der Waals surface area (Å²) < 4.78 is 7.00. The van der Waals surface area contributed by atoms with E-state index >= 15 is 0 Å². The van der Waals surface area contributed by atoms with Gasteiger partial charge in [0, 0.05) is 5.69 Å². The largest absolute Gasteiger partial charge is 0.494 e. The van der Waals surface area contributed by atoms with E-state index in [1.807, 2.05) is 37.4 Å². The number of ether oxygens (including phenoxy) is 1. The van der Waals surface area contributed by atoms with Gasteiger partial charge in [-0.3, -0.25) is 0 Å². The number of nitrogens with one attached hydrogen (secondary N) is 1. The van der Waals surface area contributed by atoms with E-state index in [-0.39, 0.29) is 6.61 Å². The summed E-state index contributed by atoms with van der Waals surface area (Å²) in [6.07, 6.45) is 1.82. The molecule has 0 aliphatic rings. The van der Waals surface area contributed by atoms with Crippen LogP contribution >= 0.6 is 0 Å². The first kappa shape index (κ1) is 13.4. The molecule has 0 atom stereocenters. The molecule has 0 aliphatic heterocycles. The van der Waals surface area contributed by atoms with Crippen molar-refractivity contribution in [3.63, 3.8) is 0 Å². The van der Waals surface area contributed by atoms with Crippen LogP contribution < -0.4 is 10.1 Å². The van der Waals surface area contributed by atoms with Gasteiger partial charge in [-0.1, -0.05) is 5.21 Å². The topological polar surface area (TPSA) is 72.2 Å². The van der Waals surface area contributed by atoms with E-state index in [0.717, 1.165) is 17.1 Å². The number of hydrogen-bond donors (Lipinski definition) is 2. The van der Waals surface area contributed by atoms with E-state index in [2.05, 4.69) is 15.6 Å². The predicted molar refractivity (Wildman–Crippen MR) is 72.0 cm³/mol. The van der Waals surface area contributed by atoms with Crippen molar-refractivity contribution in [3.05, 3.63) is 36.2 Å². The third kappa shape index (κ3) is 3.96. The van der Waals surface area contributed by atoms with Gasteiger partial charge in [0.25, 0.3) is 0 Å². The summed E-state index contributed by atoms with van der Waals surface area (Å²) in [7, 11) is 0. The molecule has 0 aliphatic carbocycles. The molecule has 1 aromatic heterocycles. The molecule has 0 spiro atoms. The Labute approximate surface area is 112 Å². The van der Waals surface area contributed by atoms with Crippen LogP contribution in [-0.4, -0.2) is 33.3 Å². The fourth-order valence-corrected chi connectivity index (χ4v) is 1.66. The molecule has 0 unspecified atom stereocenters. The van der Waals surface area contributed by atoms with Crippen molar-refractivity contribution in [1.82, 2.24) is 15.0 Å². The van der Waals surface area contributed by atoms with Crippen LogP contribution in [0.2, 0.25) is 0 Å². The molecule has 19 heavy (non-hydrogen) atoms. The average Bonchev–Trinajstić information content (AvgIpc) is 2.87. The lowest BCUT2D eigenvalue weighted by Crippen LogP contribution is -2.02. The normalized spacial score (nSPS) is 10.4. The molecular formula is C13H18N4O2. The molecule has 6 heteroatoms. The van der Waals surface area contributed by atoms with E-state index in [1.54, 1.807) is 4.68 Å². The van der Waals surface area contributed by atoms with Gasteiger partial charge in [-0.2, -0.15) is 0 Å². The number of rotatable bonds is 7. The van der Waals surface area contributed by atoms with E-state index in [0.29, 0.717) is 19.7 Å². The third-order valence-electron chi connectivity index (χ3n) is 2.55. The SMILES string of the molecule is CCOc1ccc(NCc2cn(CCO)nn2)cc1. The predicted octanol–water partition coefficient (Wildman–Crippen LogP) is 1.28. The monoisotopic (exact) mass is 262 g/mol. The molecule has 6 nitrogen and oxygen atoms in total. The molecule has 0 radical (unpaired) electrons. The Hall–Kier alpha value is -2.08. The second-order valence-corrected chi connectivity index (χ2v) is 4.01. The number of benzene rings is 1. The number of hydrogen-bond acceptors (Lipinski definition) is 5. The first-order chi connectivity index (χ1) is 9.31. The number of nitrogens with zero attached hydrogens (tertiary/aromatic N) is 3. The van der Waals surface area contributed by atoms with Gasteiger partial charge < -0.3 is 15.2 Å². The van der Waals surface area contributed by atoms with E-state index in [9.17, 15) is 0 Å². The molecule has 0 fully saturated rings. The van der Waals surface area contributed by atoms with E-state index in [4.69, 9.17) is 9.84 Å². The van der Waals surface area contributed by atoms with Gasteiger partial charge >= 0.3 is 0 Å². The number of anilines is 1. The van der Waals surface area contributed by atoms with Crippen LogP contribution in [0.3, 0.4) is 0 Å². The van der Waals surface area contributed by atoms with Gasteiger partial charge in [0.05, 0.1) is 32.5 Å². The minimum atomic E-state index is 0.0646. The van der Waals surface area contributed by atoms with Crippen molar-refractivity contribution < 1.29 is 9.84 Å². The Kier molecular flexibility index (Phi) is 4.74. The number of aliphatic hydroxyl groups excluding tert-OH is 1. The maximum Gasteiger partial charge on any atom is 0.119 e. The van der Waals surface area contributed by atoms with Gasteiger partial charge in [-0.05, 0) is 31.2 Å². The lowest BCUT2D eigenvalue weighted by atomic mass is 10.3. The Bertz CT molecular complexity index is 496. The molecule has 2 rings (SSSR count). The van der Waals surface area contributed by atoms with Crippen molar-refractivity contribution in [2.45, 2.75) is 20.0 Å². The molecular weight excluding hydrogens is 244 g/mol. The van der Waals surface area contributed by atoms with Crippen molar-refractivity contribution in [3.8, 4) is 5.75 Å². The second kappa shape index (κ2) is 6.75. The zero-order chi connectivity index (χ0) is 13.5. The minimum absolute atomic E-state index is 0.0646. The molecule has 0 saturated carbocycles. The second-order valence-electron chi connectivity index (χ2n) is 4.01. The summed E-state index contributed by atoms with van der Waals surface area (Å²) in [5, 5.41) is 20.0. The highest BCUT2D eigenvalue weighted by atomic mass is 16.5. The summed E-state index contributed by atoms with van der Waals surface area (Å²) in [5.41, 5.74) is 1.84. The standard InChI is InChI=1S/C13H18N4O2/c1-2-19-13-5-3-11(4-6-13)14-9-12-10-17(7-8-18)16-15-12/h3-6,10,14,18H,2,7-9H2,1H3. The van der Waals surface area contributed by atoms with E-state index < -0.39 is 0 Å². The van der Waals surface area contributed by atoms with Gasteiger partial charge in [0.1, 0.15) is 11.4 Å². The zero-order valence-electron chi connectivity index (χ0n) is 10.9. The Morgan fingerprint density at radius 3 is 2.79 bits per heavy atom. The molecule has 0 amide bonds. The first-order valence-corrected chi connectivity index (χ1v) is 6.28. The number of aromatic nitrogens is 3. The van der Waals surface area contributed by atoms with Crippen molar-refractivity contribution in [1.29, 1.82) is 0 Å². The zero-order valence-corrected chi connectivity index (χ0v) is 10.9. The van der Waals surface area contributed by atoms with E-state index in [1.165, 1.54) is 0 Å². The van der Waals surface area contributed by atoms with Gasteiger partial charge in [0.15, 0.2) is 0 Å². The van der Waals surface area contributed by atoms with Gasteiger partial charge in [-0.15, -0.1) is 5.10 Å². The summed E-state index contributed by atoms with van der Waals surface area (Å²) in [6, 6.07) is 7.77. The smallest absolute Gasteiger partial charge is 0.119 e. The molecule has 2 aromatic rings. The van der Waals surface area contributed by atoms with Crippen LogP contribution in [0.4, 0.5) is 5.69 Å². The minimum Gasteiger partial charge on any atom is -0.494 e. The molecule has 1 aromatic carbocycles. The van der Waals surface area contributed by atoms with Crippen molar-refractivity contribution in [2.75, 3.05) is 18.5 Å². The fraction of sp³-hybridized carbons (Fsp3) is 0.385. The fourth-order valence-electron chi connectivity index (χ4n) is 1.66. The van der Waals surface area contributed by atoms with Crippen molar-refractivity contribution in [2.24, 2.45) is 0 Å². The summed E-state index contributed by atoms with van der Waals surface area (Å²) in [6.45, 7) is 3.76. The number of aliphatic hydroxyl groups is 1. The maximum absolute atomic E-state index is 8.79. The summed E-state index contributed by atoms with van der Waals surface area (Å²) >= 11 is 0. The Balaban J connectivity index is 1.86. The molecule has 102 valence electrons. The molecule has 0 saturated heterocycles. The highest BCUT2D eigenvalue weighted by molar-refractivity contribution is 5.46.